The van der Waals surface area contributed by atoms with Crippen molar-refractivity contribution in [3.05, 3.63) is 71.5 Å². The second-order valence-electron chi connectivity index (χ2n) is 7.10. The first-order valence-corrected chi connectivity index (χ1v) is 11.1. The lowest BCUT2D eigenvalue weighted by Gasteiger charge is -2.17. The average molecular weight is 441 g/mol. The Morgan fingerprint density at radius 3 is 2.42 bits per heavy atom. The molecule has 8 nitrogen and oxygen atoms in total. The summed E-state index contributed by atoms with van der Waals surface area (Å²) in [5.41, 5.74) is 3.14. The third kappa shape index (κ3) is 5.58. The molecule has 2 aromatic carbocycles. The van der Waals surface area contributed by atoms with Gasteiger partial charge in [-0.15, -0.1) is 0 Å². The van der Waals surface area contributed by atoms with Crippen LogP contribution in [0, 0.1) is 20.8 Å². The first kappa shape index (κ1) is 22.2. The number of nitrogens with zero attached hydrogens (tertiary/aromatic N) is 2. The Morgan fingerprint density at radius 1 is 1.03 bits per heavy atom. The molecule has 3 aromatic rings. The normalized spacial score (nSPS) is 12.1. The third-order valence-corrected chi connectivity index (χ3v) is 6.02. The Hall–Kier alpha value is -3.46. The van der Waals surface area contributed by atoms with E-state index >= 15 is 0 Å². The molecule has 9 heteroatoms. The summed E-state index contributed by atoms with van der Waals surface area (Å²) in [6, 6.07) is 13.1. The van der Waals surface area contributed by atoms with Crippen LogP contribution < -0.4 is 14.8 Å². The van der Waals surface area contributed by atoms with Crippen molar-refractivity contribution in [2.45, 2.75) is 38.7 Å². The Kier molecular flexibility index (Phi) is 6.55. The molecule has 2 N–H and O–H groups in total. The van der Waals surface area contributed by atoms with E-state index in [0.29, 0.717) is 17.1 Å². The summed E-state index contributed by atoms with van der Waals surface area (Å²) in [6.45, 7) is 7.30. The molecule has 0 bridgehead atoms. The molecular weight excluding hydrogens is 416 g/mol. The van der Waals surface area contributed by atoms with Crippen LogP contribution in [-0.4, -0.2) is 30.4 Å². The molecule has 0 aliphatic carbocycles. The molecule has 1 amide bonds. The van der Waals surface area contributed by atoms with Gasteiger partial charge in [0.25, 0.3) is 15.9 Å². The zero-order valence-electron chi connectivity index (χ0n) is 17.7. The minimum Gasteiger partial charge on any atom is -0.481 e. The molecule has 0 radical (unpaired) electrons. The summed E-state index contributed by atoms with van der Waals surface area (Å²) < 4.78 is 33.2. The predicted molar refractivity (Wildman–Crippen MR) is 119 cm³/mol. The van der Waals surface area contributed by atoms with Gasteiger partial charge in [-0.05, 0) is 75.2 Å². The van der Waals surface area contributed by atoms with Crippen LogP contribution in [0.3, 0.4) is 0 Å². The maximum absolute atomic E-state index is 12.5. The molecule has 162 valence electrons. The van der Waals surface area contributed by atoms with E-state index in [0.717, 1.165) is 11.1 Å². The Bertz CT molecular complexity index is 1190. The number of hydrogen-bond donors (Lipinski definition) is 2. The van der Waals surface area contributed by atoms with Crippen LogP contribution in [0.4, 0.5) is 11.6 Å². The average Bonchev–Trinajstić information content (AvgIpc) is 2.71. The van der Waals surface area contributed by atoms with Crippen LogP contribution in [0.2, 0.25) is 0 Å². The Morgan fingerprint density at radius 2 is 1.74 bits per heavy atom. The number of amides is 1. The minimum absolute atomic E-state index is 0.00482. The maximum atomic E-state index is 12.5. The van der Waals surface area contributed by atoms with E-state index in [1.165, 1.54) is 30.5 Å². The molecule has 31 heavy (non-hydrogen) atoms. The lowest BCUT2D eigenvalue weighted by Crippen LogP contribution is -2.30. The van der Waals surface area contributed by atoms with E-state index in [1.807, 2.05) is 32.0 Å². The van der Waals surface area contributed by atoms with Gasteiger partial charge in [-0.3, -0.25) is 4.79 Å². The van der Waals surface area contributed by atoms with E-state index in [9.17, 15) is 13.2 Å². The van der Waals surface area contributed by atoms with Gasteiger partial charge in [0.2, 0.25) is 5.95 Å². The van der Waals surface area contributed by atoms with Crippen molar-refractivity contribution in [3.8, 4) is 5.75 Å². The summed E-state index contributed by atoms with van der Waals surface area (Å²) in [7, 11) is -3.85. The van der Waals surface area contributed by atoms with Crippen LogP contribution in [0.15, 0.2) is 59.6 Å². The van der Waals surface area contributed by atoms with Gasteiger partial charge >= 0.3 is 0 Å². The maximum Gasteiger partial charge on any atom is 0.265 e. The number of anilines is 2. The molecular formula is C22H24N4O4S. The van der Waals surface area contributed by atoms with Crippen molar-refractivity contribution >= 4 is 27.6 Å². The highest BCUT2D eigenvalue weighted by molar-refractivity contribution is 7.92. The Labute approximate surface area is 181 Å². The number of carbonyl (C=O) groups excluding carboxylic acids is 1. The number of rotatable bonds is 7. The van der Waals surface area contributed by atoms with Crippen molar-refractivity contribution in [2.24, 2.45) is 0 Å². The first-order valence-electron chi connectivity index (χ1n) is 9.62. The Balaban J connectivity index is 1.65. The lowest BCUT2D eigenvalue weighted by atomic mass is 10.1. The van der Waals surface area contributed by atoms with E-state index in [4.69, 9.17) is 4.74 Å². The fourth-order valence-corrected chi connectivity index (χ4v) is 3.69. The van der Waals surface area contributed by atoms with E-state index in [1.54, 1.807) is 19.9 Å². The van der Waals surface area contributed by atoms with Crippen LogP contribution >= 0.6 is 0 Å². The molecule has 0 saturated carbocycles. The SMILES string of the molecule is Cc1ccnc(NS(=O)(=O)c2ccc(NC(=O)C(C)Oc3cccc(C)c3C)cc2)n1. The fraction of sp³-hybridized carbons (Fsp3) is 0.227. The van der Waals surface area contributed by atoms with Gasteiger partial charge in [0.05, 0.1) is 4.90 Å². The number of hydrogen-bond acceptors (Lipinski definition) is 6. The number of ether oxygens (including phenoxy) is 1. The van der Waals surface area contributed by atoms with Gasteiger partial charge < -0.3 is 10.1 Å². The standard InChI is InChI=1S/C22H24N4O4S/c1-14-6-5-7-20(16(14)3)30-17(4)21(27)25-18-8-10-19(11-9-18)31(28,29)26-22-23-13-12-15(2)24-22/h5-13,17H,1-4H3,(H,25,27)(H,23,24,26). The van der Waals surface area contributed by atoms with Crippen LogP contribution in [-0.2, 0) is 14.8 Å². The summed E-state index contributed by atoms with van der Waals surface area (Å²) in [5.74, 6) is 0.297. The monoisotopic (exact) mass is 440 g/mol. The van der Waals surface area contributed by atoms with Gasteiger partial charge in [-0.25, -0.2) is 23.1 Å². The molecule has 0 spiro atoms. The van der Waals surface area contributed by atoms with E-state index in [-0.39, 0.29) is 16.8 Å². The first-order chi connectivity index (χ1) is 14.7. The summed E-state index contributed by atoms with van der Waals surface area (Å²) in [4.78, 5) is 20.4. The number of aryl methyl sites for hydroxylation is 2. The highest BCUT2D eigenvalue weighted by atomic mass is 32.2. The smallest absolute Gasteiger partial charge is 0.265 e. The number of nitrogens with one attached hydrogen (secondary N) is 2. The largest absolute Gasteiger partial charge is 0.481 e. The van der Waals surface area contributed by atoms with Gasteiger partial charge in [0, 0.05) is 17.6 Å². The van der Waals surface area contributed by atoms with Crippen molar-refractivity contribution in [3.63, 3.8) is 0 Å². The fourth-order valence-electron chi connectivity index (χ4n) is 2.73. The summed E-state index contributed by atoms with van der Waals surface area (Å²) in [5, 5.41) is 2.73. The van der Waals surface area contributed by atoms with Crippen LogP contribution in [0.25, 0.3) is 0 Å². The third-order valence-electron chi connectivity index (χ3n) is 4.68. The van der Waals surface area contributed by atoms with Crippen molar-refractivity contribution < 1.29 is 17.9 Å². The summed E-state index contributed by atoms with van der Waals surface area (Å²) >= 11 is 0. The topological polar surface area (TPSA) is 110 Å². The zero-order chi connectivity index (χ0) is 22.6. The zero-order valence-corrected chi connectivity index (χ0v) is 18.5. The number of sulfonamides is 1. The lowest BCUT2D eigenvalue weighted by molar-refractivity contribution is -0.122. The molecule has 1 heterocycles. The van der Waals surface area contributed by atoms with Crippen LogP contribution in [0.1, 0.15) is 23.7 Å². The van der Waals surface area contributed by atoms with Gasteiger partial charge in [-0.1, -0.05) is 12.1 Å². The van der Waals surface area contributed by atoms with Crippen molar-refractivity contribution in [2.75, 3.05) is 10.0 Å². The summed E-state index contributed by atoms with van der Waals surface area (Å²) in [6.07, 6.45) is 0.740. The molecule has 0 aliphatic heterocycles. The van der Waals surface area contributed by atoms with Gasteiger partial charge in [0.1, 0.15) is 5.75 Å². The van der Waals surface area contributed by atoms with Crippen LogP contribution in [0.5, 0.6) is 5.75 Å². The van der Waals surface area contributed by atoms with Gasteiger partial charge in [-0.2, -0.15) is 0 Å². The predicted octanol–water partition coefficient (Wildman–Crippen LogP) is 3.61. The van der Waals surface area contributed by atoms with Gasteiger partial charge in [0.15, 0.2) is 6.10 Å². The minimum atomic E-state index is -3.85. The molecule has 1 unspecified atom stereocenters. The highest BCUT2D eigenvalue weighted by Gasteiger charge is 2.18. The second-order valence-corrected chi connectivity index (χ2v) is 8.78. The molecule has 3 rings (SSSR count). The van der Waals surface area contributed by atoms with Crippen molar-refractivity contribution in [1.29, 1.82) is 0 Å². The number of aromatic nitrogens is 2. The molecule has 0 saturated heterocycles. The molecule has 0 fully saturated rings. The van der Waals surface area contributed by atoms with E-state index < -0.39 is 16.1 Å². The molecule has 1 atom stereocenters. The number of benzene rings is 2. The van der Waals surface area contributed by atoms with E-state index in [2.05, 4.69) is 20.0 Å². The second kappa shape index (κ2) is 9.13. The molecule has 0 aliphatic rings. The molecule has 1 aromatic heterocycles. The highest BCUT2D eigenvalue weighted by Crippen LogP contribution is 2.22. The number of carbonyl (C=O) groups is 1. The van der Waals surface area contributed by atoms with Crippen molar-refractivity contribution in [1.82, 2.24) is 9.97 Å². The quantitative estimate of drug-likeness (QED) is 0.581.